The number of nitrogens with zero attached hydrogens (tertiary/aromatic N) is 4. The topological polar surface area (TPSA) is 193 Å². The van der Waals surface area contributed by atoms with Crippen molar-refractivity contribution in [1.29, 1.82) is 0 Å². The first kappa shape index (κ1) is 43.6. The van der Waals surface area contributed by atoms with E-state index in [-0.39, 0.29) is 174 Å². The summed E-state index contributed by atoms with van der Waals surface area (Å²) in [5, 5.41) is 34.6. The number of rotatable bonds is 6. The van der Waals surface area contributed by atoms with Gasteiger partial charge in [-0.3, -0.25) is 9.59 Å². The Kier molecular flexibility index (Phi) is 14.3. The minimum absolute atomic E-state index is 0. The van der Waals surface area contributed by atoms with Crippen molar-refractivity contribution in [3.05, 3.63) is 81.4 Å². The summed E-state index contributed by atoms with van der Waals surface area (Å²) in [6.45, 7) is 0.0765. The number of ether oxygens (including phenoxy) is 2. The number of alkyl halides is 6. The van der Waals surface area contributed by atoms with E-state index in [1.807, 2.05) is 0 Å². The summed E-state index contributed by atoms with van der Waals surface area (Å²) in [6, 6.07) is 7.30. The Hall–Kier alpha value is -2.81. The van der Waals surface area contributed by atoms with Crippen LogP contribution in [0.4, 0.5) is 26.3 Å². The fourth-order valence-electron chi connectivity index (χ4n) is 5.40. The van der Waals surface area contributed by atoms with E-state index in [1.54, 1.807) is 0 Å². The van der Waals surface area contributed by atoms with Crippen molar-refractivity contribution >= 4 is 23.8 Å². The minimum atomic E-state index is -4.78. The molecular formula is C30H22F6K2N6O8. The number of methoxy groups -OCH3 is 2. The van der Waals surface area contributed by atoms with Gasteiger partial charge in [-0.05, 0) is 49.2 Å². The summed E-state index contributed by atoms with van der Waals surface area (Å²) >= 11 is 0. The fraction of sp³-hybridized carbons (Fsp3) is 0.267. The third-order valence-electron chi connectivity index (χ3n) is 7.56. The molecule has 0 saturated carbocycles. The zero-order chi connectivity index (χ0) is 36.7. The maximum absolute atomic E-state index is 13.3. The number of carbonyl (C=O) groups is 4. The fourth-order valence-corrected chi connectivity index (χ4v) is 5.40. The Morgan fingerprint density at radius 1 is 0.692 bits per heavy atom. The van der Waals surface area contributed by atoms with Crippen LogP contribution in [0.15, 0.2) is 36.4 Å². The number of carbonyl (C=O) groups excluding carboxylic acids is 4. The predicted molar refractivity (Wildman–Crippen MR) is 151 cm³/mol. The Morgan fingerprint density at radius 3 is 1.33 bits per heavy atom. The quantitative estimate of drug-likeness (QED) is 0.142. The van der Waals surface area contributed by atoms with E-state index in [0.717, 1.165) is 12.1 Å². The number of aromatic carboxylic acids is 2. The minimum Gasteiger partial charge on any atom is -0.545 e. The maximum atomic E-state index is 13.3. The number of aromatic nitrogens is 4. The van der Waals surface area contributed by atoms with Crippen LogP contribution in [0.25, 0.3) is 11.4 Å². The number of hydrogen-bond acceptors (Lipinski definition) is 10. The Morgan fingerprint density at radius 2 is 1.04 bits per heavy atom. The Bertz CT molecular complexity index is 1900. The maximum Gasteiger partial charge on any atom is 1.00 e. The van der Waals surface area contributed by atoms with Crippen LogP contribution >= 0.6 is 0 Å². The van der Waals surface area contributed by atoms with Gasteiger partial charge in [-0.15, -0.1) is 0 Å². The third kappa shape index (κ3) is 8.76. The second-order valence-electron chi connectivity index (χ2n) is 10.5. The molecule has 264 valence electrons. The number of halogens is 6. The average molecular weight is 787 g/mol. The number of benzene rings is 2. The molecule has 4 heterocycles. The van der Waals surface area contributed by atoms with Crippen LogP contribution in [0, 0.1) is 0 Å². The van der Waals surface area contributed by atoms with Crippen LogP contribution in [-0.2, 0) is 25.2 Å². The smallest absolute Gasteiger partial charge is 0.545 e. The molecule has 6 rings (SSSR count). The number of carboxylic acids is 2. The predicted octanol–water partition coefficient (Wildman–Crippen LogP) is -4.89. The molecule has 2 aliphatic rings. The van der Waals surface area contributed by atoms with Gasteiger partial charge in [0.05, 0.1) is 37.5 Å². The number of hydrogen-bond donors (Lipinski definition) is 2. The van der Waals surface area contributed by atoms with Gasteiger partial charge in [0, 0.05) is 35.3 Å². The van der Waals surface area contributed by atoms with Crippen molar-refractivity contribution in [3.8, 4) is 22.9 Å². The first-order valence-electron chi connectivity index (χ1n) is 14.2. The standard InChI is InChI=1S/2C15H12F3N3O4.2K/c2*1-25-7-2-3-10(9(6-7)14(23)24)21-11-8(4-5-19-13(11)22)12(20-21)15(16,17)18;;/h2*2-3,6H,4-5H2,1H3,(H,19,22)(H,23,24);;/q;;2*+1/p-2. The summed E-state index contributed by atoms with van der Waals surface area (Å²) in [6.07, 6.45) is -9.68. The van der Waals surface area contributed by atoms with Crippen molar-refractivity contribution in [3.63, 3.8) is 0 Å². The molecule has 0 bridgehead atoms. The zero-order valence-corrected chi connectivity index (χ0v) is 33.9. The van der Waals surface area contributed by atoms with Gasteiger partial charge in [0.2, 0.25) is 0 Å². The molecule has 22 heteroatoms. The van der Waals surface area contributed by atoms with Crippen LogP contribution in [0.1, 0.15) is 64.2 Å². The summed E-state index contributed by atoms with van der Waals surface area (Å²) < 4.78 is 90.7. The van der Waals surface area contributed by atoms with Gasteiger partial charge in [0.1, 0.15) is 22.9 Å². The summed E-state index contributed by atoms with van der Waals surface area (Å²) in [4.78, 5) is 47.0. The summed E-state index contributed by atoms with van der Waals surface area (Å²) in [5.74, 6) is -4.45. The van der Waals surface area contributed by atoms with Gasteiger partial charge < -0.3 is 39.9 Å². The van der Waals surface area contributed by atoms with Crippen LogP contribution in [0.2, 0.25) is 0 Å². The molecule has 2 aromatic carbocycles. The molecule has 2 aliphatic heterocycles. The van der Waals surface area contributed by atoms with E-state index in [2.05, 4.69) is 20.8 Å². The molecule has 0 aliphatic carbocycles. The van der Waals surface area contributed by atoms with Crippen molar-refractivity contribution < 1.29 is 168 Å². The van der Waals surface area contributed by atoms with Crippen LogP contribution in [0.5, 0.6) is 11.5 Å². The van der Waals surface area contributed by atoms with Crippen LogP contribution in [0.3, 0.4) is 0 Å². The van der Waals surface area contributed by atoms with Crippen molar-refractivity contribution in [2.75, 3.05) is 27.3 Å². The Labute approximate surface area is 374 Å². The number of carboxylic acid groups (broad SMARTS) is 2. The van der Waals surface area contributed by atoms with Gasteiger partial charge in [-0.1, -0.05) is 0 Å². The van der Waals surface area contributed by atoms with Crippen molar-refractivity contribution in [2.45, 2.75) is 25.2 Å². The Balaban J connectivity index is 0.000000270. The van der Waals surface area contributed by atoms with Gasteiger partial charge in [0.15, 0.2) is 11.4 Å². The van der Waals surface area contributed by atoms with Crippen LogP contribution < -0.4 is 133 Å². The molecule has 0 atom stereocenters. The number of fused-ring (bicyclic) bond motifs is 2. The van der Waals surface area contributed by atoms with Gasteiger partial charge in [0.25, 0.3) is 11.8 Å². The molecule has 2 aromatic heterocycles. The normalized spacial score (nSPS) is 13.5. The van der Waals surface area contributed by atoms with E-state index in [4.69, 9.17) is 9.47 Å². The zero-order valence-electron chi connectivity index (χ0n) is 27.6. The molecule has 0 spiro atoms. The molecule has 2 amide bonds. The monoisotopic (exact) mass is 786 g/mol. The molecule has 2 N–H and O–H groups in total. The summed E-state index contributed by atoms with van der Waals surface area (Å²) in [5.41, 5.74) is -4.97. The molecule has 0 saturated heterocycles. The second kappa shape index (κ2) is 17.1. The SMILES string of the molecule is COc1ccc(-n2nc(C(F)(F)F)c3c2C(=O)NCC3)c(C(=O)[O-])c1.COc1ccc(-n2nc(C(F)(F)F)c3c2C(=O)NCC3)c(C(=O)[O-])c1.[K+].[K+]. The van der Waals surface area contributed by atoms with Gasteiger partial charge in [-0.2, -0.15) is 36.5 Å². The summed E-state index contributed by atoms with van der Waals surface area (Å²) in [7, 11) is 2.61. The van der Waals surface area contributed by atoms with E-state index in [9.17, 15) is 55.7 Å². The molecule has 0 unspecified atom stereocenters. The molecule has 52 heavy (non-hydrogen) atoms. The molecular weight excluding hydrogens is 765 g/mol. The molecule has 14 nitrogen and oxygen atoms in total. The first-order chi connectivity index (χ1) is 23.5. The average Bonchev–Trinajstić information content (AvgIpc) is 3.66. The van der Waals surface area contributed by atoms with Gasteiger partial charge >= 0.3 is 115 Å². The van der Waals surface area contributed by atoms with Crippen molar-refractivity contribution in [2.24, 2.45) is 0 Å². The molecule has 4 aromatic rings. The first-order valence-corrected chi connectivity index (χ1v) is 14.2. The van der Waals surface area contributed by atoms with Gasteiger partial charge in [-0.25, -0.2) is 9.36 Å². The number of amides is 2. The van der Waals surface area contributed by atoms with Crippen LogP contribution in [-0.4, -0.2) is 70.6 Å². The molecule has 0 radical (unpaired) electrons. The second-order valence-corrected chi connectivity index (χ2v) is 10.5. The number of nitrogens with one attached hydrogen (secondary N) is 2. The van der Waals surface area contributed by atoms with E-state index < -0.39 is 58.6 Å². The largest absolute Gasteiger partial charge is 1.00 e. The van der Waals surface area contributed by atoms with E-state index in [0.29, 0.717) is 9.36 Å². The van der Waals surface area contributed by atoms with E-state index in [1.165, 1.54) is 38.5 Å². The van der Waals surface area contributed by atoms with E-state index >= 15 is 0 Å². The molecule has 0 fully saturated rings. The van der Waals surface area contributed by atoms with Crippen molar-refractivity contribution in [1.82, 2.24) is 30.2 Å². The third-order valence-corrected chi connectivity index (χ3v) is 7.56.